The molecule has 96 valence electrons. The van der Waals surface area contributed by atoms with Crippen LogP contribution in [0.5, 0.6) is 0 Å². The van der Waals surface area contributed by atoms with E-state index in [2.05, 4.69) is 20.1 Å². The molecule has 1 aromatic heterocycles. The van der Waals surface area contributed by atoms with Gasteiger partial charge in [0.05, 0.1) is 25.3 Å². The lowest BCUT2D eigenvalue weighted by Crippen LogP contribution is -2.07. The van der Waals surface area contributed by atoms with Crippen molar-refractivity contribution < 1.29 is 9.53 Å². The van der Waals surface area contributed by atoms with Gasteiger partial charge in [0.25, 0.3) is 0 Å². The van der Waals surface area contributed by atoms with Crippen LogP contribution in [0.2, 0.25) is 0 Å². The summed E-state index contributed by atoms with van der Waals surface area (Å²) in [5.74, 6) is -0.0848. The van der Waals surface area contributed by atoms with Gasteiger partial charge >= 0.3 is 5.97 Å². The standard InChI is InChI=1S/C12H11N5O2/c1-19-12(18)6-11-14-16-17(15-11)8-10-4-2-9(7-13)3-5-10/h2-5H,6,8H2,1H3. The Kier molecular flexibility index (Phi) is 3.83. The van der Waals surface area contributed by atoms with Gasteiger partial charge in [0.15, 0.2) is 5.82 Å². The number of ether oxygens (including phenoxy) is 1. The number of aromatic nitrogens is 4. The van der Waals surface area contributed by atoms with E-state index in [-0.39, 0.29) is 6.42 Å². The van der Waals surface area contributed by atoms with Gasteiger partial charge in [-0.15, -0.1) is 10.2 Å². The average molecular weight is 257 g/mol. The van der Waals surface area contributed by atoms with E-state index < -0.39 is 5.97 Å². The van der Waals surface area contributed by atoms with Crippen LogP contribution < -0.4 is 0 Å². The van der Waals surface area contributed by atoms with Crippen LogP contribution in [-0.4, -0.2) is 33.3 Å². The van der Waals surface area contributed by atoms with Gasteiger partial charge in [0.1, 0.15) is 6.42 Å². The van der Waals surface area contributed by atoms with E-state index in [1.165, 1.54) is 11.9 Å². The number of hydrogen-bond donors (Lipinski definition) is 0. The number of esters is 1. The molecule has 0 radical (unpaired) electrons. The minimum atomic E-state index is -0.405. The lowest BCUT2D eigenvalue weighted by molar-refractivity contribution is -0.139. The molecule has 0 N–H and O–H groups in total. The molecule has 2 aromatic rings. The van der Waals surface area contributed by atoms with Gasteiger partial charge in [-0.1, -0.05) is 12.1 Å². The molecule has 1 aromatic carbocycles. The number of tetrazole rings is 1. The number of methoxy groups -OCH3 is 1. The van der Waals surface area contributed by atoms with Crippen LogP contribution in [0, 0.1) is 11.3 Å². The fraction of sp³-hybridized carbons (Fsp3) is 0.250. The Morgan fingerprint density at radius 2 is 2.16 bits per heavy atom. The molecule has 0 amide bonds. The highest BCUT2D eigenvalue weighted by molar-refractivity contribution is 5.71. The summed E-state index contributed by atoms with van der Waals surface area (Å²) in [6, 6.07) is 9.14. The third kappa shape index (κ3) is 3.35. The van der Waals surface area contributed by atoms with E-state index in [1.807, 2.05) is 18.2 Å². The van der Waals surface area contributed by atoms with Gasteiger partial charge < -0.3 is 4.74 Å². The summed E-state index contributed by atoms with van der Waals surface area (Å²) in [7, 11) is 1.31. The molecule has 0 fully saturated rings. The normalized spacial score (nSPS) is 9.89. The predicted molar refractivity (Wildman–Crippen MR) is 63.8 cm³/mol. The Bertz CT molecular complexity index is 612. The van der Waals surface area contributed by atoms with Gasteiger partial charge in [0, 0.05) is 0 Å². The molecule has 1 heterocycles. The summed E-state index contributed by atoms with van der Waals surface area (Å²) in [5.41, 5.74) is 1.54. The number of carbonyl (C=O) groups excluding carboxylic acids is 1. The van der Waals surface area contributed by atoms with Crippen molar-refractivity contribution in [2.24, 2.45) is 0 Å². The quantitative estimate of drug-likeness (QED) is 0.731. The zero-order valence-corrected chi connectivity index (χ0v) is 10.3. The smallest absolute Gasteiger partial charge is 0.313 e. The van der Waals surface area contributed by atoms with E-state index in [0.29, 0.717) is 17.9 Å². The first-order valence-corrected chi connectivity index (χ1v) is 5.54. The highest BCUT2D eigenvalue weighted by atomic mass is 16.5. The number of carbonyl (C=O) groups is 1. The van der Waals surface area contributed by atoms with Gasteiger partial charge in [0.2, 0.25) is 0 Å². The van der Waals surface area contributed by atoms with Crippen molar-refractivity contribution in [1.29, 1.82) is 5.26 Å². The molecule has 19 heavy (non-hydrogen) atoms. The van der Waals surface area contributed by atoms with Crippen LogP contribution in [0.4, 0.5) is 0 Å². The van der Waals surface area contributed by atoms with Crippen LogP contribution in [-0.2, 0) is 22.5 Å². The number of hydrogen-bond acceptors (Lipinski definition) is 6. The zero-order valence-electron chi connectivity index (χ0n) is 10.3. The second-order valence-corrected chi connectivity index (χ2v) is 3.80. The van der Waals surface area contributed by atoms with Gasteiger partial charge in [-0.2, -0.15) is 10.1 Å². The van der Waals surface area contributed by atoms with Crippen molar-refractivity contribution in [2.75, 3.05) is 7.11 Å². The highest BCUT2D eigenvalue weighted by Gasteiger charge is 2.09. The van der Waals surface area contributed by atoms with Gasteiger partial charge in [-0.3, -0.25) is 4.79 Å². The first-order chi connectivity index (χ1) is 9.21. The largest absolute Gasteiger partial charge is 0.469 e. The number of rotatable bonds is 4. The monoisotopic (exact) mass is 257 g/mol. The Hall–Kier alpha value is -2.75. The third-order valence-electron chi connectivity index (χ3n) is 2.43. The van der Waals surface area contributed by atoms with E-state index >= 15 is 0 Å². The Balaban J connectivity index is 2.03. The summed E-state index contributed by atoms with van der Waals surface area (Å²) in [4.78, 5) is 12.4. The van der Waals surface area contributed by atoms with Crippen molar-refractivity contribution in [3.8, 4) is 6.07 Å². The molecule has 0 saturated carbocycles. The van der Waals surface area contributed by atoms with E-state index in [9.17, 15) is 4.79 Å². The minimum Gasteiger partial charge on any atom is -0.469 e. The fourth-order valence-corrected chi connectivity index (χ4v) is 1.46. The molecule has 0 aliphatic rings. The van der Waals surface area contributed by atoms with Crippen LogP contribution in [0.3, 0.4) is 0 Å². The van der Waals surface area contributed by atoms with Crippen molar-refractivity contribution in [2.45, 2.75) is 13.0 Å². The molecule has 2 rings (SSSR count). The summed E-state index contributed by atoms with van der Waals surface area (Å²) < 4.78 is 4.52. The molecule has 7 nitrogen and oxygen atoms in total. The second-order valence-electron chi connectivity index (χ2n) is 3.80. The average Bonchev–Trinajstić information content (AvgIpc) is 2.86. The van der Waals surface area contributed by atoms with Crippen LogP contribution in [0.15, 0.2) is 24.3 Å². The summed E-state index contributed by atoms with van der Waals surface area (Å²) in [5, 5.41) is 20.4. The second kappa shape index (κ2) is 5.73. The SMILES string of the molecule is COC(=O)Cc1nnn(Cc2ccc(C#N)cc2)n1. The fourth-order valence-electron chi connectivity index (χ4n) is 1.46. The van der Waals surface area contributed by atoms with E-state index in [4.69, 9.17) is 5.26 Å². The maximum atomic E-state index is 11.0. The molecule has 0 aliphatic heterocycles. The first-order valence-electron chi connectivity index (χ1n) is 5.54. The van der Waals surface area contributed by atoms with Crippen molar-refractivity contribution in [1.82, 2.24) is 20.2 Å². The molecule has 0 unspecified atom stereocenters. The van der Waals surface area contributed by atoms with Crippen molar-refractivity contribution in [3.05, 3.63) is 41.2 Å². The predicted octanol–water partition coefficient (Wildman–Crippen LogP) is 0.309. The summed E-state index contributed by atoms with van der Waals surface area (Å²) >= 11 is 0. The Morgan fingerprint density at radius 1 is 1.42 bits per heavy atom. The van der Waals surface area contributed by atoms with Crippen molar-refractivity contribution >= 4 is 5.97 Å². The highest BCUT2D eigenvalue weighted by Crippen LogP contribution is 2.04. The van der Waals surface area contributed by atoms with Crippen LogP contribution in [0.25, 0.3) is 0 Å². The molecule has 0 spiro atoms. The molecular formula is C12H11N5O2. The van der Waals surface area contributed by atoms with Crippen LogP contribution >= 0.6 is 0 Å². The van der Waals surface area contributed by atoms with Gasteiger partial charge in [-0.05, 0) is 22.9 Å². The van der Waals surface area contributed by atoms with Crippen molar-refractivity contribution in [3.63, 3.8) is 0 Å². The third-order valence-corrected chi connectivity index (χ3v) is 2.43. The Labute approximate surface area is 109 Å². The molecule has 7 heteroatoms. The van der Waals surface area contributed by atoms with Crippen LogP contribution in [0.1, 0.15) is 17.0 Å². The molecular weight excluding hydrogens is 246 g/mol. The molecule has 0 saturated heterocycles. The molecule has 0 atom stereocenters. The lowest BCUT2D eigenvalue weighted by atomic mass is 10.1. The Morgan fingerprint density at radius 3 is 2.79 bits per heavy atom. The summed E-state index contributed by atoms with van der Waals surface area (Å²) in [6.07, 6.45) is 0.00384. The number of benzene rings is 1. The molecule has 0 aliphatic carbocycles. The van der Waals surface area contributed by atoms with Gasteiger partial charge in [-0.25, -0.2) is 0 Å². The first kappa shape index (κ1) is 12.7. The van der Waals surface area contributed by atoms with E-state index in [0.717, 1.165) is 5.56 Å². The maximum Gasteiger partial charge on any atom is 0.313 e. The number of nitriles is 1. The zero-order chi connectivity index (χ0) is 13.7. The molecule has 0 bridgehead atoms. The number of nitrogens with zero attached hydrogens (tertiary/aromatic N) is 5. The minimum absolute atomic E-state index is 0.00384. The van der Waals surface area contributed by atoms with E-state index in [1.54, 1.807) is 12.1 Å². The summed E-state index contributed by atoms with van der Waals surface area (Å²) in [6.45, 7) is 0.430. The topological polar surface area (TPSA) is 93.7 Å². The lowest BCUT2D eigenvalue weighted by Gasteiger charge is -1.99. The maximum absolute atomic E-state index is 11.0.